The summed E-state index contributed by atoms with van der Waals surface area (Å²) >= 11 is 5.16. The molecule has 126 valence electrons. The van der Waals surface area contributed by atoms with E-state index in [-0.39, 0.29) is 36.5 Å². The first kappa shape index (κ1) is 20.4. The SMILES string of the molecule is CN=C(NCc1ccc(Br)s1)NCC(CO)c1ccccc1.I. The third kappa shape index (κ3) is 6.78. The minimum atomic E-state index is 0. The lowest BCUT2D eigenvalue weighted by Crippen LogP contribution is -2.39. The Morgan fingerprint density at radius 1 is 1.22 bits per heavy atom. The van der Waals surface area contributed by atoms with E-state index in [0.29, 0.717) is 6.54 Å². The average Bonchev–Trinajstić information content (AvgIpc) is 2.97. The molecule has 0 saturated heterocycles. The molecule has 0 aliphatic heterocycles. The summed E-state index contributed by atoms with van der Waals surface area (Å²) in [6.45, 7) is 1.46. The van der Waals surface area contributed by atoms with Gasteiger partial charge in [-0.2, -0.15) is 0 Å². The number of aliphatic hydroxyl groups is 1. The number of guanidine groups is 1. The maximum absolute atomic E-state index is 9.57. The first-order valence-electron chi connectivity index (χ1n) is 7.07. The average molecular weight is 510 g/mol. The summed E-state index contributed by atoms with van der Waals surface area (Å²) in [6.07, 6.45) is 0. The van der Waals surface area contributed by atoms with Crippen LogP contribution in [0.2, 0.25) is 0 Å². The topological polar surface area (TPSA) is 56.7 Å². The van der Waals surface area contributed by atoms with Crippen LogP contribution in [-0.4, -0.2) is 31.3 Å². The highest BCUT2D eigenvalue weighted by atomic mass is 127. The lowest BCUT2D eigenvalue weighted by Gasteiger charge is -2.17. The number of halogens is 2. The highest BCUT2D eigenvalue weighted by Gasteiger charge is 2.10. The summed E-state index contributed by atoms with van der Waals surface area (Å²) in [7, 11) is 1.75. The predicted molar refractivity (Wildman–Crippen MR) is 112 cm³/mol. The third-order valence-electron chi connectivity index (χ3n) is 3.29. The van der Waals surface area contributed by atoms with Crippen molar-refractivity contribution in [3.8, 4) is 0 Å². The largest absolute Gasteiger partial charge is 0.396 e. The number of rotatable bonds is 6. The monoisotopic (exact) mass is 509 g/mol. The number of aliphatic hydroxyl groups excluding tert-OH is 1. The fourth-order valence-electron chi connectivity index (χ4n) is 2.07. The van der Waals surface area contributed by atoms with E-state index < -0.39 is 0 Å². The molecule has 1 atom stereocenters. The van der Waals surface area contributed by atoms with Gasteiger partial charge in [-0.05, 0) is 33.6 Å². The molecule has 0 fully saturated rings. The standard InChI is InChI=1S/C16H20BrN3OS.HI/c1-18-16(20-10-14-7-8-15(17)22-14)19-9-13(11-21)12-5-3-2-4-6-12;/h2-8,13,21H,9-11H2,1H3,(H2,18,19,20);1H. The molecule has 0 spiro atoms. The molecule has 0 radical (unpaired) electrons. The fraction of sp³-hybridized carbons (Fsp3) is 0.312. The summed E-state index contributed by atoms with van der Waals surface area (Å²) < 4.78 is 1.12. The van der Waals surface area contributed by atoms with Crippen molar-refractivity contribution >= 4 is 57.2 Å². The second-order valence-electron chi connectivity index (χ2n) is 4.80. The molecule has 2 aromatic rings. The molecule has 1 aromatic heterocycles. The highest BCUT2D eigenvalue weighted by Crippen LogP contribution is 2.21. The van der Waals surface area contributed by atoms with Gasteiger partial charge in [0.05, 0.1) is 16.9 Å². The van der Waals surface area contributed by atoms with E-state index in [1.807, 2.05) is 36.4 Å². The Balaban J connectivity index is 0.00000264. The fourth-order valence-corrected chi connectivity index (χ4v) is 3.49. The van der Waals surface area contributed by atoms with E-state index in [1.165, 1.54) is 4.88 Å². The number of hydrogen-bond donors (Lipinski definition) is 3. The van der Waals surface area contributed by atoms with E-state index in [2.05, 4.69) is 37.6 Å². The van der Waals surface area contributed by atoms with Crippen LogP contribution in [0, 0.1) is 0 Å². The number of thiophene rings is 1. The van der Waals surface area contributed by atoms with E-state index in [0.717, 1.165) is 21.9 Å². The van der Waals surface area contributed by atoms with Crippen molar-refractivity contribution in [3.05, 3.63) is 56.7 Å². The molecule has 0 aliphatic rings. The quantitative estimate of drug-likeness (QED) is 0.317. The number of hydrogen-bond acceptors (Lipinski definition) is 3. The lowest BCUT2D eigenvalue weighted by molar-refractivity contribution is 0.265. The van der Waals surface area contributed by atoms with Crippen LogP contribution in [0.4, 0.5) is 0 Å². The normalized spacial score (nSPS) is 12.4. The van der Waals surface area contributed by atoms with Gasteiger partial charge in [0.2, 0.25) is 0 Å². The van der Waals surface area contributed by atoms with Crippen molar-refractivity contribution in [3.63, 3.8) is 0 Å². The van der Waals surface area contributed by atoms with Crippen LogP contribution < -0.4 is 10.6 Å². The zero-order valence-corrected chi connectivity index (χ0v) is 17.6. The van der Waals surface area contributed by atoms with Gasteiger partial charge in [0.15, 0.2) is 5.96 Å². The predicted octanol–water partition coefficient (Wildman–Crippen LogP) is 3.57. The van der Waals surface area contributed by atoms with Crippen molar-refractivity contribution in [2.24, 2.45) is 4.99 Å². The van der Waals surface area contributed by atoms with Crippen LogP contribution in [0.25, 0.3) is 0 Å². The summed E-state index contributed by atoms with van der Waals surface area (Å²) in [4.78, 5) is 5.45. The molecule has 0 aliphatic carbocycles. The summed E-state index contributed by atoms with van der Waals surface area (Å²) in [5.41, 5.74) is 1.12. The van der Waals surface area contributed by atoms with Crippen LogP contribution >= 0.6 is 51.2 Å². The lowest BCUT2D eigenvalue weighted by atomic mass is 10.0. The molecule has 0 amide bonds. The van der Waals surface area contributed by atoms with Crippen LogP contribution in [0.5, 0.6) is 0 Å². The number of aliphatic imine (C=N–C) groups is 1. The van der Waals surface area contributed by atoms with Crippen LogP contribution in [0.1, 0.15) is 16.4 Å². The van der Waals surface area contributed by atoms with Gasteiger partial charge in [0.1, 0.15) is 0 Å². The van der Waals surface area contributed by atoms with Gasteiger partial charge in [-0.3, -0.25) is 4.99 Å². The second-order valence-corrected chi connectivity index (χ2v) is 7.35. The smallest absolute Gasteiger partial charge is 0.191 e. The Hall–Kier alpha value is -0.640. The zero-order chi connectivity index (χ0) is 15.8. The molecule has 1 unspecified atom stereocenters. The van der Waals surface area contributed by atoms with Gasteiger partial charge in [0, 0.05) is 24.4 Å². The maximum atomic E-state index is 9.57. The van der Waals surface area contributed by atoms with E-state index in [9.17, 15) is 5.11 Å². The van der Waals surface area contributed by atoms with Gasteiger partial charge >= 0.3 is 0 Å². The molecule has 1 heterocycles. The highest BCUT2D eigenvalue weighted by molar-refractivity contribution is 14.0. The maximum Gasteiger partial charge on any atom is 0.191 e. The van der Waals surface area contributed by atoms with Gasteiger partial charge < -0.3 is 15.7 Å². The van der Waals surface area contributed by atoms with Crippen molar-refractivity contribution in [1.82, 2.24) is 10.6 Å². The van der Waals surface area contributed by atoms with Crippen molar-refractivity contribution in [1.29, 1.82) is 0 Å². The number of nitrogens with one attached hydrogen (secondary N) is 2. The van der Waals surface area contributed by atoms with Crippen molar-refractivity contribution < 1.29 is 5.11 Å². The molecule has 1 aromatic carbocycles. The second kappa shape index (κ2) is 11.0. The summed E-state index contributed by atoms with van der Waals surface area (Å²) in [5, 5.41) is 16.1. The van der Waals surface area contributed by atoms with E-state index in [1.54, 1.807) is 18.4 Å². The molecular weight excluding hydrogens is 489 g/mol. The van der Waals surface area contributed by atoms with Crippen molar-refractivity contribution in [2.45, 2.75) is 12.5 Å². The number of benzene rings is 1. The van der Waals surface area contributed by atoms with Crippen LogP contribution in [0.15, 0.2) is 51.2 Å². The Kier molecular flexibility index (Phi) is 9.77. The Labute approximate surface area is 166 Å². The number of nitrogens with zero attached hydrogens (tertiary/aromatic N) is 1. The third-order valence-corrected chi connectivity index (χ3v) is 4.91. The van der Waals surface area contributed by atoms with Crippen LogP contribution in [-0.2, 0) is 6.54 Å². The van der Waals surface area contributed by atoms with Gasteiger partial charge in [0.25, 0.3) is 0 Å². The van der Waals surface area contributed by atoms with Gasteiger partial charge in [-0.1, -0.05) is 30.3 Å². The zero-order valence-electron chi connectivity index (χ0n) is 12.8. The summed E-state index contributed by atoms with van der Waals surface area (Å²) in [5.74, 6) is 0.787. The molecular formula is C16H21BrIN3OS. The van der Waals surface area contributed by atoms with Gasteiger partial charge in [-0.25, -0.2) is 0 Å². The molecule has 4 nitrogen and oxygen atoms in total. The Bertz CT molecular complexity index is 606. The van der Waals surface area contributed by atoms with E-state index in [4.69, 9.17) is 0 Å². The summed E-state index contributed by atoms with van der Waals surface area (Å²) in [6, 6.07) is 14.1. The molecule has 0 bridgehead atoms. The molecule has 0 saturated carbocycles. The van der Waals surface area contributed by atoms with Crippen molar-refractivity contribution in [2.75, 3.05) is 20.2 Å². The Morgan fingerprint density at radius 2 is 1.96 bits per heavy atom. The first-order chi connectivity index (χ1) is 10.7. The molecule has 2 rings (SSSR count). The molecule has 3 N–H and O–H groups in total. The minimum Gasteiger partial charge on any atom is -0.396 e. The van der Waals surface area contributed by atoms with Crippen LogP contribution in [0.3, 0.4) is 0 Å². The Morgan fingerprint density at radius 3 is 2.52 bits per heavy atom. The molecule has 23 heavy (non-hydrogen) atoms. The first-order valence-corrected chi connectivity index (χ1v) is 8.68. The minimum absolute atomic E-state index is 0. The van der Waals surface area contributed by atoms with Gasteiger partial charge in [-0.15, -0.1) is 35.3 Å². The molecule has 7 heteroatoms. The van der Waals surface area contributed by atoms with E-state index >= 15 is 0 Å².